The molecule has 0 spiro atoms. The number of nitrogens with one attached hydrogen (secondary N) is 1. The number of benzene rings is 1. The first-order valence-corrected chi connectivity index (χ1v) is 5.15. The molecule has 0 saturated carbocycles. The highest BCUT2D eigenvalue weighted by molar-refractivity contribution is 5.50. The fourth-order valence-electron chi connectivity index (χ4n) is 1.93. The molecule has 2 rings (SSSR count). The van der Waals surface area contributed by atoms with Crippen molar-refractivity contribution in [2.45, 2.75) is 24.4 Å². The van der Waals surface area contributed by atoms with E-state index in [4.69, 9.17) is 4.74 Å². The molecule has 98 valence electrons. The van der Waals surface area contributed by atoms with Crippen LogP contribution >= 0.6 is 0 Å². The van der Waals surface area contributed by atoms with Crippen LogP contribution in [-0.4, -0.2) is 29.9 Å². The molecule has 18 heavy (non-hydrogen) atoms. The fourth-order valence-corrected chi connectivity index (χ4v) is 1.93. The second-order valence-corrected chi connectivity index (χ2v) is 3.87. The number of para-hydroxylation sites is 1. The van der Waals surface area contributed by atoms with Gasteiger partial charge < -0.3 is 15.2 Å². The lowest BCUT2D eigenvalue weighted by Gasteiger charge is -2.37. The molecule has 7 heteroatoms. The van der Waals surface area contributed by atoms with E-state index in [1.807, 2.05) is 0 Å². The summed E-state index contributed by atoms with van der Waals surface area (Å²) in [4.78, 5) is 10.4. The van der Waals surface area contributed by atoms with Crippen molar-refractivity contribution in [2.24, 2.45) is 0 Å². The Morgan fingerprint density at radius 3 is 2.61 bits per heavy atom. The molecule has 4 nitrogen and oxygen atoms in total. The maximum Gasteiger partial charge on any atom is 0.428 e. The summed E-state index contributed by atoms with van der Waals surface area (Å²) in [5.74, 6) is 0.00414. The monoisotopic (exact) mass is 261 g/mol. The van der Waals surface area contributed by atoms with Crippen molar-refractivity contribution in [3.05, 3.63) is 29.8 Å². The van der Waals surface area contributed by atoms with Gasteiger partial charge >= 0.3 is 6.18 Å². The molecular weight excluding hydrogens is 251 g/mol. The third-order valence-electron chi connectivity index (χ3n) is 2.73. The molecule has 1 aromatic rings. The fraction of sp³-hybridized carbons (Fsp3) is 0.364. The van der Waals surface area contributed by atoms with Crippen LogP contribution in [0.2, 0.25) is 0 Å². The van der Waals surface area contributed by atoms with Gasteiger partial charge in [0.2, 0.25) is 12.5 Å². The van der Waals surface area contributed by atoms with Crippen molar-refractivity contribution in [3.63, 3.8) is 0 Å². The summed E-state index contributed by atoms with van der Waals surface area (Å²) < 4.78 is 42.8. The molecule has 0 saturated heterocycles. The van der Waals surface area contributed by atoms with Crippen LogP contribution in [0.4, 0.5) is 13.2 Å². The number of amides is 1. The summed E-state index contributed by atoms with van der Waals surface area (Å²) in [7, 11) is 0. The molecule has 0 aromatic heterocycles. The van der Waals surface area contributed by atoms with Gasteiger partial charge in [-0.3, -0.25) is 4.79 Å². The van der Waals surface area contributed by atoms with Gasteiger partial charge in [0.1, 0.15) is 11.9 Å². The van der Waals surface area contributed by atoms with Crippen molar-refractivity contribution in [2.75, 3.05) is 0 Å². The number of alkyl halides is 3. The van der Waals surface area contributed by atoms with Gasteiger partial charge in [0.15, 0.2) is 0 Å². The lowest BCUT2D eigenvalue weighted by atomic mass is 9.93. The molecule has 0 bridgehead atoms. The minimum atomic E-state index is -4.71. The first-order chi connectivity index (χ1) is 8.45. The molecule has 0 fully saturated rings. The topological polar surface area (TPSA) is 58.6 Å². The molecule has 1 aliphatic heterocycles. The Kier molecular flexibility index (Phi) is 3.16. The number of carbonyl (C=O) groups is 1. The Morgan fingerprint density at radius 2 is 2.00 bits per heavy atom. The SMILES string of the molecule is O=CNC1c2ccccc2OC(C(F)(F)F)C1O. The van der Waals surface area contributed by atoms with E-state index in [-0.39, 0.29) is 12.2 Å². The zero-order valence-electron chi connectivity index (χ0n) is 9.02. The Balaban J connectivity index is 2.42. The van der Waals surface area contributed by atoms with Crippen LogP contribution in [0.1, 0.15) is 11.6 Å². The van der Waals surface area contributed by atoms with Gasteiger partial charge in [0, 0.05) is 5.56 Å². The van der Waals surface area contributed by atoms with Crippen molar-refractivity contribution < 1.29 is 27.8 Å². The molecule has 0 radical (unpaired) electrons. The van der Waals surface area contributed by atoms with Gasteiger partial charge in [-0.1, -0.05) is 18.2 Å². The Hall–Kier alpha value is -1.76. The average molecular weight is 261 g/mol. The minimum Gasteiger partial charge on any atom is -0.478 e. The third-order valence-corrected chi connectivity index (χ3v) is 2.73. The molecular formula is C11H10F3NO3. The van der Waals surface area contributed by atoms with Crippen LogP contribution in [0.25, 0.3) is 0 Å². The molecule has 3 atom stereocenters. The highest BCUT2D eigenvalue weighted by Crippen LogP contribution is 2.39. The largest absolute Gasteiger partial charge is 0.478 e. The smallest absolute Gasteiger partial charge is 0.428 e. The molecule has 0 aliphatic carbocycles. The van der Waals surface area contributed by atoms with E-state index < -0.39 is 24.4 Å². The van der Waals surface area contributed by atoms with E-state index in [1.165, 1.54) is 18.2 Å². The van der Waals surface area contributed by atoms with E-state index in [1.54, 1.807) is 6.07 Å². The van der Waals surface area contributed by atoms with Crippen molar-refractivity contribution in [1.82, 2.24) is 5.32 Å². The van der Waals surface area contributed by atoms with Crippen LogP contribution < -0.4 is 10.1 Å². The quantitative estimate of drug-likeness (QED) is 0.785. The zero-order chi connectivity index (χ0) is 13.3. The predicted molar refractivity (Wildman–Crippen MR) is 54.9 cm³/mol. The predicted octanol–water partition coefficient (Wildman–Crippen LogP) is 1.16. The van der Waals surface area contributed by atoms with Crippen molar-refractivity contribution in [1.29, 1.82) is 0 Å². The highest BCUT2D eigenvalue weighted by Gasteiger charge is 2.52. The van der Waals surface area contributed by atoms with Crippen LogP contribution in [0, 0.1) is 0 Å². The first-order valence-electron chi connectivity index (χ1n) is 5.15. The first kappa shape index (κ1) is 12.7. The molecule has 1 aliphatic rings. The number of fused-ring (bicyclic) bond motifs is 1. The van der Waals surface area contributed by atoms with Gasteiger partial charge in [0.05, 0.1) is 6.04 Å². The summed E-state index contributed by atoms with van der Waals surface area (Å²) in [5, 5.41) is 11.9. The van der Waals surface area contributed by atoms with Gasteiger partial charge in [0.25, 0.3) is 0 Å². The number of ether oxygens (including phenoxy) is 1. The van der Waals surface area contributed by atoms with Crippen molar-refractivity contribution in [3.8, 4) is 5.75 Å². The average Bonchev–Trinajstić information content (AvgIpc) is 2.31. The Morgan fingerprint density at radius 1 is 1.33 bits per heavy atom. The van der Waals surface area contributed by atoms with E-state index >= 15 is 0 Å². The molecule has 1 aromatic carbocycles. The van der Waals surface area contributed by atoms with E-state index in [9.17, 15) is 23.1 Å². The second-order valence-electron chi connectivity index (χ2n) is 3.87. The number of rotatable bonds is 2. The van der Waals surface area contributed by atoms with E-state index in [0.29, 0.717) is 5.56 Å². The lowest BCUT2D eigenvalue weighted by Crippen LogP contribution is -2.52. The van der Waals surface area contributed by atoms with E-state index in [2.05, 4.69) is 5.32 Å². The minimum absolute atomic E-state index is 0.00414. The normalized spacial score (nSPS) is 27.0. The van der Waals surface area contributed by atoms with Crippen LogP contribution in [0.15, 0.2) is 24.3 Å². The molecule has 1 amide bonds. The molecule has 2 N–H and O–H groups in total. The summed E-state index contributed by atoms with van der Waals surface area (Å²) >= 11 is 0. The van der Waals surface area contributed by atoms with Crippen LogP contribution in [-0.2, 0) is 4.79 Å². The Labute approximate surface area is 100 Å². The standard InChI is InChI=1S/C11H10F3NO3/c12-11(13,14)10-9(17)8(15-5-16)6-3-1-2-4-7(6)18-10/h1-5,8-10,17H,(H,15,16). The second kappa shape index (κ2) is 4.49. The summed E-state index contributed by atoms with van der Waals surface area (Å²) in [6, 6.07) is 4.81. The van der Waals surface area contributed by atoms with Crippen LogP contribution in [0.5, 0.6) is 5.75 Å². The van der Waals surface area contributed by atoms with Gasteiger partial charge in [-0.05, 0) is 6.07 Å². The van der Waals surface area contributed by atoms with Crippen LogP contribution in [0.3, 0.4) is 0 Å². The number of hydrogen-bond acceptors (Lipinski definition) is 3. The number of aliphatic hydroxyl groups excluding tert-OH is 1. The maximum atomic E-state index is 12.7. The van der Waals surface area contributed by atoms with Gasteiger partial charge in [-0.25, -0.2) is 0 Å². The summed E-state index contributed by atoms with van der Waals surface area (Å²) in [6.07, 6.45) is -8.70. The Bertz CT molecular complexity index is 449. The summed E-state index contributed by atoms with van der Waals surface area (Å²) in [6.45, 7) is 0. The number of halogens is 3. The third kappa shape index (κ3) is 2.13. The number of hydrogen-bond donors (Lipinski definition) is 2. The highest BCUT2D eigenvalue weighted by atomic mass is 19.4. The summed E-state index contributed by atoms with van der Waals surface area (Å²) in [5.41, 5.74) is 0.317. The number of carbonyl (C=O) groups excluding carboxylic acids is 1. The number of aliphatic hydroxyl groups is 1. The maximum absolute atomic E-state index is 12.7. The van der Waals surface area contributed by atoms with Crippen molar-refractivity contribution >= 4 is 6.41 Å². The molecule has 1 heterocycles. The van der Waals surface area contributed by atoms with Gasteiger partial charge in [-0.2, -0.15) is 13.2 Å². The van der Waals surface area contributed by atoms with E-state index in [0.717, 1.165) is 0 Å². The van der Waals surface area contributed by atoms with Gasteiger partial charge in [-0.15, -0.1) is 0 Å². The lowest BCUT2D eigenvalue weighted by molar-refractivity contribution is -0.229. The molecule has 3 unspecified atom stereocenters. The zero-order valence-corrected chi connectivity index (χ0v) is 9.02.